The topological polar surface area (TPSA) is 101 Å². The summed E-state index contributed by atoms with van der Waals surface area (Å²) in [6.45, 7) is 0.133. The smallest absolute Gasteiger partial charge is 0.328 e. The number of aliphatic carboxylic acids is 1. The zero-order valence-corrected chi connectivity index (χ0v) is 10.6. The van der Waals surface area contributed by atoms with Crippen LogP contribution in [0.3, 0.4) is 0 Å². The molecule has 0 atom stereocenters. The van der Waals surface area contributed by atoms with Crippen LogP contribution in [0.4, 0.5) is 0 Å². The third kappa shape index (κ3) is 4.66. The van der Waals surface area contributed by atoms with Crippen LogP contribution in [0, 0.1) is 0 Å². The summed E-state index contributed by atoms with van der Waals surface area (Å²) < 4.78 is 23.1. The van der Waals surface area contributed by atoms with Crippen LogP contribution in [-0.4, -0.2) is 30.8 Å². The van der Waals surface area contributed by atoms with E-state index in [9.17, 15) is 13.2 Å². The van der Waals surface area contributed by atoms with Crippen LogP contribution in [-0.2, 0) is 21.5 Å². The van der Waals surface area contributed by atoms with Gasteiger partial charge in [0, 0.05) is 19.7 Å². The Kier molecular flexibility index (Phi) is 4.60. The summed E-state index contributed by atoms with van der Waals surface area (Å²) >= 11 is 0. The maximum Gasteiger partial charge on any atom is 0.328 e. The first-order chi connectivity index (χ1) is 8.29. The maximum absolute atomic E-state index is 11.0. The highest BCUT2D eigenvalue weighted by atomic mass is 32.2. The van der Waals surface area contributed by atoms with Crippen molar-refractivity contribution in [2.45, 2.75) is 6.54 Å². The van der Waals surface area contributed by atoms with E-state index in [1.54, 1.807) is 24.3 Å². The van der Waals surface area contributed by atoms with E-state index in [4.69, 9.17) is 10.2 Å². The highest BCUT2D eigenvalue weighted by Crippen LogP contribution is 2.10. The summed E-state index contributed by atoms with van der Waals surface area (Å²) in [6, 6.07) is 6.87. The molecule has 3 N–H and O–H groups in total. The minimum absolute atomic E-state index is 0.133. The Morgan fingerprint density at radius 1 is 1.50 bits per heavy atom. The van der Waals surface area contributed by atoms with Crippen molar-refractivity contribution in [3.63, 3.8) is 0 Å². The number of benzene rings is 1. The predicted molar refractivity (Wildman–Crippen MR) is 67.7 cm³/mol. The normalized spacial score (nSPS) is 12.2. The molecule has 0 unspecified atom stereocenters. The van der Waals surface area contributed by atoms with Gasteiger partial charge in [-0.05, 0) is 17.2 Å². The van der Waals surface area contributed by atoms with E-state index in [0.29, 0.717) is 5.56 Å². The Hall–Kier alpha value is -1.70. The molecule has 0 fully saturated rings. The summed E-state index contributed by atoms with van der Waals surface area (Å²) in [5.74, 6) is -1.04. The van der Waals surface area contributed by atoms with Crippen LogP contribution < -0.4 is 5.14 Å². The number of carboxylic acids is 1. The van der Waals surface area contributed by atoms with Crippen LogP contribution >= 0.6 is 0 Å². The second-order valence-electron chi connectivity index (χ2n) is 3.72. The molecule has 1 aromatic rings. The lowest BCUT2D eigenvalue weighted by molar-refractivity contribution is -0.131. The van der Waals surface area contributed by atoms with Crippen molar-refractivity contribution >= 4 is 22.3 Å². The number of rotatable bonds is 5. The van der Waals surface area contributed by atoms with Crippen molar-refractivity contribution in [3.8, 4) is 0 Å². The number of carboxylic acid groups (broad SMARTS) is 1. The second-order valence-corrected chi connectivity index (χ2v) is 5.37. The van der Waals surface area contributed by atoms with Crippen molar-refractivity contribution < 1.29 is 18.3 Å². The van der Waals surface area contributed by atoms with Gasteiger partial charge in [-0.1, -0.05) is 24.3 Å². The molecule has 6 nitrogen and oxygen atoms in total. The highest BCUT2D eigenvalue weighted by molar-refractivity contribution is 7.86. The van der Waals surface area contributed by atoms with Crippen LogP contribution in [0.5, 0.6) is 0 Å². The van der Waals surface area contributed by atoms with Gasteiger partial charge in [-0.2, -0.15) is 12.7 Å². The molecular formula is C11H14N2O4S. The lowest BCUT2D eigenvalue weighted by Crippen LogP contribution is -2.32. The fourth-order valence-corrected chi connectivity index (χ4v) is 1.64. The lowest BCUT2D eigenvalue weighted by atomic mass is 10.1. The summed E-state index contributed by atoms with van der Waals surface area (Å²) in [6.07, 6.45) is 2.45. The second kappa shape index (κ2) is 5.76. The van der Waals surface area contributed by atoms with Crippen LogP contribution in [0.1, 0.15) is 11.1 Å². The Bertz CT molecular complexity index is 566. The molecule has 0 saturated carbocycles. The first kappa shape index (κ1) is 14.4. The van der Waals surface area contributed by atoms with Gasteiger partial charge in [-0.3, -0.25) is 0 Å². The maximum atomic E-state index is 11.0. The van der Waals surface area contributed by atoms with Gasteiger partial charge in [0.2, 0.25) is 0 Å². The highest BCUT2D eigenvalue weighted by Gasteiger charge is 2.11. The summed E-state index contributed by atoms with van der Waals surface area (Å²) in [7, 11) is -2.35. The van der Waals surface area contributed by atoms with Crippen molar-refractivity contribution in [1.29, 1.82) is 0 Å². The standard InChI is InChI=1S/C11H14N2O4S/c1-13(18(12,16)17)8-10-4-2-3-9(7-10)5-6-11(14)15/h2-7H,8H2,1H3,(H,14,15)(H2,12,16,17)/b6-5+. The van der Waals surface area contributed by atoms with Crippen LogP contribution in [0.15, 0.2) is 30.3 Å². The van der Waals surface area contributed by atoms with Crippen molar-refractivity contribution in [2.24, 2.45) is 5.14 Å². The molecule has 0 heterocycles. The molecule has 7 heteroatoms. The van der Waals surface area contributed by atoms with Crippen molar-refractivity contribution in [1.82, 2.24) is 4.31 Å². The quantitative estimate of drug-likeness (QED) is 0.757. The molecule has 0 aliphatic carbocycles. The lowest BCUT2D eigenvalue weighted by Gasteiger charge is -2.13. The number of nitrogens with zero attached hydrogens (tertiary/aromatic N) is 1. The first-order valence-electron chi connectivity index (χ1n) is 5.03. The van der Waals surface area contributed by atoms with Gasteiger partial charge in [0.05, 0.1) is 0 Å². The zero-order chi connectivity index (χ0) is 13.8. The average molecular weight is 270 g/mol. The van der Waals surface area contributed by atoms with Gasteiger partial charge in [-0.15, -0.1) is 0 Å². The van der Waals surface area contributed by atoms with E-state index in [2.05, 4.69) is 0 Å². The van der Waals surface area contributed by atoms with Crippen LogP contribution in [0.25, 0.3) is 6.08 Å². The number of carbonyl (C=O) groups is 1. The molecule has 0 amide bonds. The Morgan fingerprint density at radius 3 is 2.72 bits per heavy atom. The van der Waals surface area contributed by atoms with E-state index in [1.807, 2.05) is 0 Å². The molecule has 0 aliphatic heterocycles. The van der Waals surface area contributed by atoms with E-state index in [0.717, 1.165) is 15.9 Å². The molecule has 0 aromatic heterocycles. The van der Waals surface area contributed by atoms with Gasteiger partial charge < -0.3 is 5.11 Å². The molecule has 1 aromatic carbocycles. The number of nitrogens with two attached hydrogens (primary N) is 1. The van der Waals surface area contributed by atoms with Gasteiger partial charge in [0.15, 0.2) is 0 Å². The number of hydrogen-bond donors (Lipinski definition) is 2. The molecule has 98 valence electrons. The average Bonchev–Trinajstić information content (AvgIpc) is 2.25. The number of hydrogen-bond acceptors (Lipinski definition) is 3. The minimum atomic E-state index is -3.72. The summed E-state index contributed by atoms with van der Waals surface area (Å²) in [4.78, 5) is 10.4. The Balaban J connectivity index is 2.86. The third-order valence-electron chi connectivity index (χ3n) is 2.21. The van der Waals surface area contributed by atoms with Crippen molar-refractivity contribution in [2.75, 3.05) is 7.05 Å². The van der Waals surface area contributed by atoms with E-state index in [1.165, 1.54) is 13.1 Å². The monoisotopic (exact) mass is 270 g/mol. The van der Waals surface area contributed by atoms with Gasteiger partial charge in [0.25, 0.3) is 10.2 Å². The van der Waals surface area contributed by atoms with Gasteiger partial charge >= 0.3 is 5.97 Å². The predicted octanol–water partition coefficient (Wildman–Crippen LogP) is 0.420. The van der Waals surface area contributed by atoms with Gasteiger partial charge in [-0.25, -0.2) is 9.93 Å². The largest absolute Gasteiger partial charge is 0.478 e. The van der Waals surface area contributed by atoms with Crippen LogP contribution in [0.2, 0.25) is 0 Å². The SMILES string of the molecule is CN(Cc1cccc(/C=C/C(=O)O)c1)S(N)(=O)=O. The van der Waals surface area contributed by atoms with Gasteiger partial charge in [0.1, 0.15) is 0 Å². The molecule has 0 aliphatic rings. The Morgan fingerprint density at radius 2 is 2.17 bits per heavy atom. The molecular weight excluding hydrogens is 256 g/mol. The molecule has 0 spiro atoms. The van der Waals surface area contributed by atoms with E-state index in [-0.39, 0.29) is 6.54 Å². The molecule has 0 saturated heterocycles. The van der Waals surface area contributed by atoms with Crippen molar-refractivity contribution in [3.05, 3.63) is 41.5 Å². The molecule has 18 heavy (non-hydrogen) atoms. The van der Waals surface area contributed by atoms with E-state index >= 15 is 0 Å². The Labute approximate surface area is 106 Å². The first-order valence-corrected chi connectivity index (χ1v) is 6.53. The molecule has 0 bridgehead atoms. The van der Waals surface area contributed by atoms with E-state index < -0.39 is 16.2 Å². The fraction of sp³-hybridized carbons (Fsp3) is 0.182. The zero-order valence-electron chi connectivity index (χ0n) is 9.78. The fourth-order valence-electron chi connectivity index (χ4n) is 1.31. The molecule has 1 rings (SSSR count). The summed E-state index contributed by atoms with van der Waals surface area (Å²) in [5.41, 5.74) is 1.40. The molecule has 0 radical (unpaired) electrons. The third-order valence-corrected chi connectivity index (χ3v) is 3.21. The minimum Gasteiger partial charge on any atom is -0.478 e. The summed E-state index contributed by atoms with van der Waals surface area (Å²) in [5, 5.41) is 13.5.